The molecule has 3 aromatic carbocycles. The third-order valence-electron chi connectivity index (χ3n) is 4.41. The number of aromatic nitrogens is 2. The number of esters is 1. The van der Waals surface area contributed by atoms with Crippen molar-refractivity contribution in [2.75, 3.05) is 0 Å². The van der Waals surface area contributed by atoms with Crippen LogP contribution in [0.25, 0.3) is 22.9 Å². The highest BCUT2D eigenvalue weighted by Crippen LogP contribution is 2.25. The van der Waals surface area contributed by atoms with E-state index in [4.69, 9.17) is 4.74 Å². The summed E-state index contributed by atoms with van der Waals surface area (Å²) in [6.07, 6.45) is 1.80. The Labute approximate surface area is 171 Å². The third kappa shape index (κ3) is 3.75. The Morgan fingerprint density at radius 1 is 0.964 bits per heavy atom. The topological polar surface area (TPSA) is 44.1 Å². The van der Waals surface area contributed by atoms with Gasteiger partial charge in [0.15, 0.2) is 0 Å². The fraction of sp³-hybridized carbons (Fsp3) is 0.0435. The number of carbonyl (C=O) groups excluding carboxylic acids is 1. The first kappa shape index (κ1) is 18.2. The SMILES string of the molecule is Cn1c(/C=C(\OC(=O)c2ccccc2)c2ccccc2)nc2cc(Br)ccc21. The standard InChI is InChI=1S/C23H17BrN2O2/c1-26-20-13-12-18(24)14-19(20)25-22(26)15-21(16-8-4-2-5-9-16)28-23(27)17-10-6-3-7-11-17/h2-15H,1H3/b21-15-. The molecule has 0 N–H and O–H groups in total. The van der Waals surface area contributed by atoms with Crippen LogP contribution < -0.4 is 0 Å². The summed E-state index contributed by atoms with van der Waals surface area (Å²) in [5, 5.41) is 0. The zero-order chi connectivity index (χ0) is 19.5. The van der Waals surface area contributed by atoms with Crippen LogP contribution in [0.15, 0.2) is 83.3 Å². The molecule has 0 amide bonds. The van der Waals surface area contributed by atoms with Crippen molar-refractivity contribution in [2.45, 2.75) is 0 Å². The third-order valence-corrected chi connectivity index (χ3v) is 4.90. The second-order valence-corrected chi connectivity index (χ2v) is 7.21. The Hall–Kier alpha value is -3.18. The van der Waals surface area contributed by atoms with Crippen molar-refractivity contribution < 1.29 is 9.53 Å². The van der Waals surface area contributed by atoms with E-state index in [-0.39, 0.29) is 0 Å². The number of carbonyl (C=O) groups is 1. The molecule has 1 heterocycles. The molecule has 28 heavy (non-hydrogen) atoms. The van der Waals surface area contributed by atoms with Gasteiger partial charge in [0.05, 0.1) is 16.6 Å². The van der Waals surface area contributed by atoms with Gasteiger partial charge in [0.2, 0.25) is 0 Å². The van der Waals surface area contributed by atoms with E-state index in [1.165, 1.54) is 0 Å². The predicted octanol–water partition coefficient (Wildman–Crippen LogP) is 5.69. The van der Waals surface area contributed by atoms with Crippen LogP contribution >= 0.6 is 15.9 Å². The van der Waals surface area contributed by atoms with Crippen molar-refractivity contribution in [1.29, 1.82) is 0 Å². The van der Waals surface area contributed by atoms with Crippen LogP contribution in [-0.4, -0.2) is 15.5 Å². The van der Waals surface area contributed by atoms with E-state index in [1.54, 1.807) is 18.2 Å². The zero-order valence-corrected chi connectivity index (χ0v) is 16.8. The van der Waals surface area contributed by atoms with E-state index in [1.807, 2.05) is 78.3 Å². The number of ether oxygens (including phenoxy) is 1. The van der Waals surface area contributed by atoms with Crippen molar-refractivity contribution in [3.05, 3.63) is 100 Å². The highest BCUT2D eigenvalue weighted by Gasteiger charge is 2.14. The molecule has 4 aromatic rings. The maximum absolute atomic E-state index is 12.6. The first-order valence-electron chi connectivity index (χ1n) is 8.78. The van der Waals surface area contributed by atoms with E-state index in [0.29, 0.717) is 17.1 Å². The van der Waals surface area contributed by atoms with E-state index in [2.05, 4.69) is 20.9 Å². The van der Waals surface area contributed by atoms with E-state index in [9.17, 15) is 4.79 Å². The molecule has 1 aromatic heterocycles. The van der Waals surface area contributed by atoms with Crippen molar-refractivity contribution in [3.8, 4) is 0 Å². The van der Waals surface area contributed by atoms with Gasteiger partial charge in [0.25, 0.3) is 0 Å². The maximum atomic E-state index is 12.6. The van der Waals surface area contributed by atoms with E-state index in [0.717, 1.165) is 21.1 Å². The summed E-state index contributed by atoms with van der Waals surface area (Å²) in [6, 6.07) is 24.4. The molecule has 0 saturated carbocycles. The molecule has 4 rings (SSSR count). The van der Waals surface area contributed by atoms with Crippen LogP contribution in [0.1, 0.15) is 21.7 Å². The van der Waals surface area contributed by atoms with Gasteiger partial charge in [-0.1, -0.05) is 64.5 Å². The van der Waals surface area contributed by atoms with Gasteiger partial charge in [-0.05, 0) is 30.3 Å². The lowest BCUT2D eigenvalue weighted by atomic mass is 10.1. The summed E-state index contributed by atoms with van der Waals surface area (Å²) < 4.78 is 8.70. The van der Waals surface area contributed by atoms with Gasteiger partial charge in [-0.25, -0.2) is 9.78 Å². The fourth-order valence-electron chi connectivity index (χ4n) is 2.95. The molecule has 0 spiro atoms. The molecule has 0 fully saturated rings. The number of hydrogen-bond acceptors (Lipinski definition) is 3. The average Bonchev–Trinajstić information content (AvgIpc) is 3.03. The molecule has 0 bridgehead atoms. The molecule has 0 unspecified atom stereocenters. The maximum Gasteiger partial charge on any atom is 0.343 e. The minimum Gasteiger partial charge on any atom is -0.422 e. The van der Waals surface area contributed by atoms with E-state index >= 15 is 0 Å². The van der Waals surface area contributed by atoms with Crippen molar-refractivity contribution in [1.82, 2.24) is 9.55 Å². The summed E-state index contributed by atoms with van der Waals surface area (Å²) in [5.41, 5.74) is 3.17. The minimum atomic E-state index is -0.405. The molecule has 5 heteroatoms. The smallest absolute Gasteiger partial charge is 0.343 e. The van der Waals surface area contributed by atoms with Crippen molar-refractivity contribution >= 4 is 44.8 Å². The molecule has 0 saturated heterocycles. The normalized spacial score (nSPS) is 11.6. The van der Waals surface area contributed by atoms with Crippen LogP contribution in [0.2, 0.25) is 0 Å². The molecule has 0 aliphatic rings. The van der Waals surface area contributed by atoms with Gasteiger partial charge in [0.1, 0.15) is 11.6 Å². The second-order valence-electron chi connectivity index (χ2n) is 6.29. The number of imidazole rings is 1. The van der Waals surface area contributed by atoms with Gasteiger partial charge in [-0.15, -0.1) is 0 Å². The lowest BCUT2D eigenvalue weighted by Gasteiger charge is -2.09. The number of halogens is 1. The van der Waals surface area contributed by atoms with Crippen LogP contribution in [0.4, 0.5) is 0 Å². The quantitative estimate of drug-likeness (QED) is 0.307. The first-order valence-corrected chi connectivity index (χ1v) is 9.57. The molecule has 0 atom stereocenters. The Bertz CT molecular complexity index is 1170. The molecule has 0 radical (unpaired) electrons. The van der Waals surface area contributed by atoms with Gasteiger partial charge in [0, 0.05) is 23.2 Å². The number of benzene rings is 3. The van der Waals surface area contributed by atoms with Gasteiger partial charge >= 0.3 is 5.97 Å². The first-order chi connectivity index (χ1) is 13.6. The second kappa shape index (κ2) is 7.82. The van der Waals surface area contributed by atoms with Gasteiger partial charge in [-0.3, -0.25) is 0 Å². The monoisotopic (exact) mass is 432 g/mol. The largest absolute Gasteiger partial charge is 0.422 e. The zero-order valence-electron chi connectivity index (χ0n) is 15.2. The summed E-state index contributed by atoms with van der Waals surface area (Å²) in [4.78, 5) is 17.3. The summed E-state index contributed by atoms with van der Waals surface area (Å²) in [6.45, 7) is 0. The molecule has 4 nitrogen and oxygen atoms in total. The molecule has 138 valence electrons. The molecular formula is C23H17BrN2O2. The summed E-state index contributed by atoms with van der Waals surface area (Å²) >= 11 is 3.48. The number of rotatable bonds is 4. The lowest BCUT2D eigenvalue weighted by Crippen LogP contribution is -2.05. The predicted molar refractivity (Wildman–Crippen MR) is 115 cm³/mol. The van der Waals surface area contributed by atoms with Gasteiger partial charge in [-0.2, -0.15) is 0 Å². The number of aryl methyl sites for hydroxylation is 1. The molecule has 0 aliphatic heterocycles. The number of hydrogen-bond donors (Lipinski definition) is 0. The highest BCUT2D eigenvalue weighted by atomic mass is 79.9. The van der Waals surface area contributed by atoms with Crippen molar-refractivity contribution in [3.63, 3.8) is 0 Å². The average molecular weight is 433 g/mol. The molecule has 0 aliphatic carbocycles. The van der Waals surface area contributed by atoms with E-state index < -0.39 is 5.97 Å². The Morgan fingerprint density at radius 3 is 2.29 bits per heavy atom. The Kier molecular flexibility index (Phi) is 5.08. The van der Waals surface area contributed by atoms with Crippen LogP contribution in [0.5, 0.6) is 0 Å². The summed E-state index contributed by atoms with van der Waals surface area (Å²) in [5.74, 6) is 0.747. The minimum absolute atomic E-state index is 0.405. The van der Waals surface area contributed by atoms with Crippen LogP contribution in [0, 0.1) is 0 Å². The fourth-order valence-corrected chi connectivity index (χ4v) is 3.29. The van der Waals surface area contributed by atoms with Crippen molar-refractivity contribution in [2.24, 2.45) is 7.05 Å². The highest BCUT2D eigenvalue weighted by molar-refractivity contribution is 9.10. The number of nitrogens with zero attached hydrogens (tertiary/aromatic N) is 2. The lowest BCUT2D eigenvalue weighted by molar-refractivity contribution is 0.0693. The summed E-state index contributed by atoms with van der Waals surface area (Å²) in [7, 11) is 1.94. The molecular weight excluding hydrogens is 416 g/mol. The Morgan fingerprint density at radius 2 is 1.61 bits per heavy atom. The Balaban J connectivity index is 1.77. The van der Waals surface area contributed by atoms with Gasteiger partial charge < -0.3 is 9.30 Å². The van der Waals surface area contributed by atoms with Crippen LogP contribution in [0.3, 0.4) is 0 Å². The van der Waals surface area contributed by atoms with Crippen LogP contribution in [-0.2, 0) is 11.8 Å². The number of fused-ring (bicyclic) bond motifs is 1.